The minimum absolute atomic E-state index is 0.0963. The van der Waals surface area contributed by atoms with Gasteiger partial charge >= 0.3 is 5.97 Å². The molecule has 5 heteroatoms. The Kier molecular flexibility index (Phi) is 7.59. The minimum atomic E-state index is -0.898. The van der Waals surface area contributed by atoms with Gasteiger partial charge in [0.15, 0.2) is 0 Å². The van der Waals surface area contributed by atoms with E-state index in [-0.39, 0.29) is 11.8 Å². The van der Waals surface area contributed by atoms with E-state index in [4.69, 9.17) is 0 Å². The van der Waals surface area contributed by atoms with Crippen LogP contribution in [0, 0.1) is 5.92 Å². The quantitative estimate of drug-likeness (QED) is 0.595. The predicted octanol–water partition coefficient (Wildman–Crippen LogP) is 1.91. The van der Waals surface area contributed by atoms with Gasteiger partial charge in [0.05, 0.1) is 0 Å². The van der Waals surface area contributed by atoms with E-state index in [0.29, 0.717) is 12.5 Å². The van der Waals surface area contributed by atoms with Crippen LogP contribution in [-0.4, -0.2) is 35.6 Å². The number of carbonyl (C=O) groups excluding carboxylic acids is 1. The first-order valence-corrected chi connectivity index (χ1v) is 7.76. The highest BCUT2D eigenvalue weighted by Gasteiger charge is 2.30. The second kappa shape index (κ2) is 8.95. The number of hydrogen-bond acceptors (Lipinski definition) is 3. The van der Waals surface area contributed by atoms with E-state index in [1.807, 2.05) is 0 Å². The lowest BCUT2D eigenvalue weighted by atomic mass is 9.84. The molecule has 0 aromatic carbocycles. The average Bonchev–Trinajstić information content (AvgIpc) is 2.41. The van der Waals surface area contributed by atoms with Crippen molar-refractivity contribution in [1.29, 1.82) is 0 Å². The van der Waals surface area contributed by atoms with Crippen LogP contribution in [0.1, 0.15) is 58.8 Å². The molecule has 1 fully saturated rings. The molecule has 0 radical (unpaired) electrons. The molecule has 0 aromatic heterocycles. The number of carboxylic acids is 1. The molecule has 1 aliphatic carbocycles. The van der Waals surface area contributed by atoms with Gasteiger partial charge < -0.3 is 15.7 Å². The lowest BCUT2D eigenvalue weighted by Crippen LogP contribution is -2.46. The SMILES string of the molecule is CC(C)NCCCC(=O)NC(C(=O)O)C1CCCCC1. The monoisotopic (exact) mass is 284 g/mol. The molecule has 1 amide bonds. The summed E-state index contributed by atoms with van der Waals surface area (Å²) in [5, 5.41) is 15.2. The van der Waals surface area contributed by atoms with Crippen molar-refractivity contribution in [2.24, 2.45) is 5.92 Å². The third kappa shape index (κ3) is 6.37. The van der Waals surface area contributed by atoms with Crippen LogP contribution >= 0.6 is 0 Å². The molecule has 5 nitrogen and oxygen atoms in total. The summed E-state index contributed by atoms with van der Waals surface area (Å²) in [5.41, 5.74) is 0. The molecule has 1 saturated carbocycles. The molecule has 0 aliphatic heterocycles. The van der Waals surface area contributed by atoms with Gasteiger partial charge in [0.25, 0.3) is 0 Å². The normalized spacial score (nSPS) is 17.9. The highest BCUT2D eigenvalue weighted by Crippen LogP contribution is 2.26. The maximum atomic E-state index is 11.8. The van der Waals surface area contributed by atoms with Gasteiger partial charge in [-0.05, 0) is 31.7 Å². The standard InChI is InChI=1S/C15H28N2O3/c1-11(2)16-10-6-9-13(18)17-14(15(19)20)12-7-4-3-5-8-12/h11-12,14,16H,3-10H2,1-2H3,(H,17,18)(H,19,20). The summed E-state index contributed by atoms with van der Waals surface area (Å²) < 4.78 is 0. The highest BCUT2D eigenvalue weighted by atomic mass is 16.4. The smallest absolute Gasteiger partial charge is 0.326 e. The molecule has 0 aromatic rings. The third-order valence-corrected chi connectivity index (χ3v) is 3.84. The summed E-state index contributed by atoms with van der Waals surface area (Å²) >= 11 is 0. The van der Waals surface area contributed by atoms with Crippen molar-refractivity contribution in [2.45, 2.75) is 70.9 Å². The van der Waals surface area contributed by atoms with E-state index in [0.717, 1.165) is 38.6 Å². The maximum Gasteiger partial charge on any atom is 0.326 e. The Labute approximate surface area is 121 Å². The fourth-order valence-electron chi connectivity index (χ4n) is 2.73. The van der Waals surface area contributed by atoms with Crippen LogP contribution in [0.3, 0.4) is 0 Å². The maximum absolute atomic E-state index is 11.8. The lowest BCUT2D eigenvalue weighted by Gasteiger charge is -2.28. The van der Waals surface area contributed by atoms with Crippen LogP contribution in [0.15, 0.2) is 0 Å². The molecule has 3 N–H and O–H groups in total. The molecule has 1 unspecified atom stereocenters. The lowest BCUT2D eigenvalue weighted by molar-refractivity contribution is -0.143. The Hall–Kier alpha value is -1.10. The van der Waals surface area contributed by atoms with Gasteiger partial charge in [-0.3, -0.25) is 4.79 Å². The molecular formula is C15H28N2O3. The van der Waals surface area contributed by atoms with E-state index in [2.05, 4.69) is 24.5 Å². The zero-order chi connectivity index (χ0) is 15.0. The number of nitrogens with one attached hydrogen (secondary N) is 2. The first kappa shape index (κ1) is 17.0. The van der Waals surface area contributed by atoms with Crippen LogP contribution in [0.25, 0.3) is 0 Å². The summed E-state index contributed by atoms with van der Waals surface area (Å²) in [6.45, 7) is 4.90. The van der Waals surface area contributed by atoms with E-state index in [1.165, 1.54) is 6.42 Å². The van der Waals surface area contributed by atoms with Crippen molar-refractivity contribution in [3.8, 4) is 0 Å². The van der Waals surface area contributed by atoms with Crippen LogP contribution in [-0.2, 0) is 9.59 Å². The number of aliphatic carboxylic acids is 1. The van der Waals surface area contributed by atoms with Crippen LogP contribution < -0.4 is 10.6 Å². The van der Waals surface area contributed by atoms with E-state index in [9.17, 15) is 14.7 Å². The number of carboxylic acid groups (broad SMARTS) is 1. The Balaban J connectivity index is 2.33. The van der Waals surface area contributed by atoms with Crippen LogP contribution in [0.4, 0.5) is 0 Å². The van der Waals surface area contributed by atoms with Gasteiger partial charge in [-0.15, -0.1) is 0 Å². The number of carbonyl (C=O) groups is 2. The third-order valence-electron chi connectivity index (χ3n) is 3.84. The summed E-state index contributed by atoms with van der Waals surface area (Å²) in [4.78, 5) is 23.2. The fourth-order valence-corrected chi connectivity index (χ4v) is 2.73. The van der Waals surface area contributed by atoms with Crippen molar-refractivity contribution >= 4 is 11.9 Å². The first-order chi connectivity index (χ1) is 9.50. The summed E-state index contributed by atoms with van der Waals surface area (Å²) in [6.07, 6.45) is 6.26. The molecule has 116 valence electrons. The second-order valence-corrected chi connectivity index (χ2v) is 5.99. The topological polar surface area (TPSA) is 78.4 Å². The second-order valence-electron chi connectivity index (χ2n) is 5.99. The Morgan fingerprint density at radius 2 is 1.85 bits per heavy atom. The van der Waals surface area contributed by atoms with E-state index >= 15 is 0 Å². The Bertz CT molecular complexity index is 312. The van der Waals surface area contributed by atoms with Crippen molar-refractivity contribution in [1.82, 2.24) is 10.6 Å². The molecular weight excluding hydrogens is 256 g/mol. The van der Waals surface area contributed by atoms with Crippen LogP contribution in [0.5, 0.6) is 0 Å². The van der Waals surface area contributed by atoms with Crippen molar-refractivity contribution in [3.63, 3.8) is 0 Å². The van der Waals surface area contributed by atoms with Gasteiger partial charge in [0.1, 0.15) is 6.04 Å². The van der Waals surface area contributed by atoms with Crippen molar-refractivity contribution in [3.05, 3.63) is 0 Å². The van der Waals surface area contributed by atoms with Gasteiger partial charge in [0.2, 0.25) is 5.91 Å². The van der Waals surface area contributed by atoms with Gasteiger partial charge in [-0.25, -0.2) is 4.79 Å². The molecule has 0 saturated heterocycles. The molecule has 1 atom stereocenters. The molecule has 0 heterocycles. The Morgan fingerprint density at radius 1 is 1.20 bits per heavy atom. The zero-order valence-corrected chi connectivity index (χ0v) is 12.7. The molecule has 0 spiro atoms. The predicted molar refractivity (Wildman–Crippen MR) is 78.5 cm³/mol. The van der Waals surface area contributed by atoms with Gasteiger partial charge in [-0.2, -0.15) is 0 Å². The fraction of sp³-hybridized carbons (Fsp3) is 0.867. The number of amides is 1. The van der Waals surface area contributed by atoms with E-state index < -0.39 is 12.0 Å². The summed E-state index contributed by atoms with van der Waals surface area (Å²) in [6, 6.07) is -0.298. The molecule has 1 aliphatic rings. The summed E-state index contributed by atoms with van der Waals surface area (Å²) in [7, 11) is 0. The molecule has 20 heavy (non-hydrogen) atoms. The summed E-state index contributed by atoms with van der Waals surface area (Å²) in [5.74, 6) is -0.946. The zero-order valence-electron chi connectivity index (χ0n) is 12.7. The van der Waals surface area contributed by atoms with Gasteiger partial charge in [0, 0.05) is 12.5 Å². The van der Waals surface area contributed by atoms with Crippen molar-refractivity contribution < 1.29 is 14.7 Å². The van der Waals surface area contributed by atoms with E-state index in [1.54, 1.807) is 0 Å². The number of rotatable bonds is 8. The largest absolute Gasteiger partial charge is 0.480 e. The van der Waals surface area contributed by atoms with Gasteiger partial charge in [-0.1, -0.05) is 33.1 Å². The molecule has 1 rings (SSSR count). The number of hydrogen-bond donors (Lipinski definition) is 3. The highest BCUT2D eigenvalue weighted by molar-refractivity contribution is 5.83. The van der Waals surface area contributed by atoms with Crippen LogP contribution in [0.2, 0.25) is 0 Å². The van der Waals surface area contributed by atoms with Crippen molar-refractivity contribution in [2.75, 3.05) is 6.54 Å². The first-order valence-electron chi connectivity index (χ1n) is 7.76. The minimum Gasteiger partial charge on any atom is -0.480 e. The Morgan fingerprint density at radius 3 is 2.40 bits per heavy atom. The molecule has 0 bridgehead atoms. The average molecular weight is 284 g/mol.